The Morgan fingerprint density at radius 2 is 1.29 bits per heavy atom. The van der Waals surface area contributed by atoms with Crippen LogP contribution in [0.1, 0.15) is 0 Å². The molecule has 0 unspecified atom stereocenters. The number of para-hydroxylation sites is 1. The first-order valence-corrected chi connectivity index (χ1v) is 9.53. The Hall–Kier alpha value is -3.78. The van der Waals surface area contributed by atoms with Crippen molar-refractivity contribution in [2.75, 3.05) is 0 Å². The predicted molar refractivity (Wildman–Crippen MR) is 113 cm³/mol. The molecule has 0 saturated carbocycles. The van der Waals surface area contributed by atoms with E-state index in [4.69, 9.17) is 9.98 Å². The second-order valence-corrected chi connectivity index (χ2v) is 7.44. The predicted octanol–water partition coefficient (Wildman–Crippen LogP) is 5.48. The van der Waals surface area contributed by atoms with Crippen molar-refractivity contribution >= 4 is 32.9 Å². The summed E-state index contributed by atoms with van der Waals surface area (Å²) >= 11 is 0. The Bertz CT molecular complexity index is 1710. The van der Waals surface area contributed by atoms with Gasteiger partial charge in [-0.05, 0) is 34.4 Å². The molecule has 2 nitrogen and oxygen atoms in total. The summed E-state index contributed by atoms with van der Waals surface area (Å²) in [7, 11) is 0. The van der Waals surface area contributed by atoms with E-state index in [1.807, 2.05) is 6.07 Å². The molecule has 0 spiro atoms. The lowest BCUT2D eigenvalue weighted by Crippen LogP contribution is -2.07. The van der Waals surface area contributed by atoms with Gasteiger partial charge in [0, 0.05) is 27.0 Å². The summed E-state index contributed by atoms with van der Waals surface area (Å²) in [5.74, 6) is 0. The van der Waals surface area contributed by atoms with Gasteiger partial charge in [-0.25, -0.2) is 9.98 Å². The first-order chi connectivity index (χ1) is 13.9. The molecular formula is C26H14N2. The van der Waals surface area contributed by atoms with Gasteiger partial charge in [-0.2, -0.15) is 0 Å². The van der Waals surface area contributed by atoms with Gasteiger partial charge in [-0.1, -0.05) is 66.7 Å². The van der Waals surface area contributed by atoms with Crippen LogP contribution in [0.3, 0.4) is 0 Å². The second-order valence-electron chi connectivity index (χ2n) is 7.44. The highest BCUT2D eigenvalue weighted by atomic mass is 14.8. The zero-order valence-electron chi connectivity index (χ0n) is 15.0. The summed E-state index contributed by atoms with van der Waals surface area (Å²) < 4.78 is 0. The number of nitrogens with zero attached hydrogens (tertiary/aromatic N) is 2. The average Bonchev–Trinajstić information content (AvgIpc) is 3.31. The van der Waals surface area contributed by atoms with Crippen LogP contribution in [0.5, 0.6) is 0 Å². The van der Waals surface area contributed by atoms with Crippen LogP contribution in [-0.4, -0.2) is 0 Å². The van der Waals surface area contributed by atoms with E-state index in [-0.39, 0.29) is 0 Å². The summed E-state index contributed by atoms with van der Waals surface area (Å²) in [4.78, 5) is 9.99. The smallest absolute Gasteiger partial charge is 0.0817 e. The summed E-state index contributed by atoms with van der Waals surface area (Å²) in [5, 5.41) is 9.47. The third-order valence-electron chi connectivity index (χ3n) is 5.98. The van der Waals surface area contributed by atoms with Crippen LogP contribution >= 0.6 is 0 Å². The van der Waals surface area contributed by atoms with Crippen LogP contribution in [0.15, 0.2) is 94.9 Å². The largest absolute Gasteiger partial charge is 0.247 e. The molecule has 0 fully saturated rings. The number of hydrogen-bond acceptors (Lipinski definition) is 2. The van der Waals surface area contributed by atoms with Gasteiger partial charge in [-0.15, -0.1) is 0 Å². The molecular weight excluding hydrogens is 340 g/mol. The lowest BCUT2D eigenvalue weighted by atomic mass is 10.00. The van der Waals surface area contributed by atoms with Gasteiger partial charge < -0.3 is 0 Å². The van der Waals surface area contributed by atoms with Crippen molar-refractivity contribution in [2.45, 2.75) is 0 Å². The molecule has 0 bridgehead atoms. The molecule has 2 aliphatic rings. The molecule has 0 radical (unpaired) electrons. The van der Waals surface area contributed by atoms with E-state index in [2.05, 4.69) is 78.9 Å². The average molecular weight is 354 g/mol. The van der Waals surface area contributed by atoms with E-state index in [9.17, 15) is 0 Å². The van der Waals surface area contributed by atoms with Crippen LogP contribution < -0.4 is 10.7 Å². The highest BCUT2D eigenvalue weighted by molar-refractivity contribution is 6.07. The van der Waals surface area contributed by atoms with Crippen molar-refractivity contribution in [1.82, 2.24) is 0 Å². The van der Waals surface area contributed by atoms with Crippen LogP contribution in [0.2, 0.25) is 0 Å². The summed E-state index contributed by atoms with van der Waals surface area (Å²) in [6.07, 6.45) is 0. The fourth-order valence-corrected chi connectivity index (χ4v) is 4.71. The quantitative estimate of drug-likeness (QED) is 0.322. The number of rotatable bonds is 0. The van der Waals surface area contributed by atoms with Crippen molar-refractivity contribution in [2.24, 2.45) is 9.98 Å². The van der Waals surface area contributed by atoms with Gasteiger partial charge in [0.2, 0.25) is 0 Å². The second kappa shape index (κ2) is 4.93. The molecule has 28 heavy (non-hydrogen) atoms. The van der Waals surface area contributed by atoms with Crippen LogP contribution in [0.25, 0.3) is 32.7 Å². The van der Waals surface area contributed by atoms with E-state index in [0.29, 0.717) is 0 Å². The minimum absolute atomic E-state index is 1.02. The van der Waals surface area contributed by atoms with E-state index < -0.39 is 0 Å². The number of benzene rings is 5. The third kappa shape index (κ3) is 1.68. The zero-order valence-corrected chi connectivity index (χ0v) is 15.0. The lowest BCUT2D eigenvalue weighted by molar-refractivity contribution is 1.35. The molecule has 5 aromatic rings. The standard InChI is InChI=1S/C26H14N2/c1-2-6-16-15(5-1)9-10-19-17(16)11-12-21-24-23(28-25(19)21)14-13-20-18-7-3-4-8-22(18)27-26(20)24/h1-14H. The highest BCUT2D eigenvalue weighted by Gasteiger charge is 2.18. The molecule has 128 valence electrons. The van der Waals surface area contributed by atoms with Gasteiger partial charge in [0.15, 0.2) is 0 Å². The van der Waals surface area contributed by atoms with Crippen molar-refractivity contribution in [3.8, 4) is 11.1 Å². The van der Waals surface area contributed by atoms with Crippen molar-refractivity contribution in [1.29, 1.82) is 0 Å². The lowest BCUT2D eigenvalue weighted by Gasteiger charge is -2.03. The Balaban J connectivity index is 1.70. The normalized spacial score (nSPS) is 12.9. The van der Waals surface area contributed by atoms with Crippen molar-refractivity contribution < 1.29 is 0 Å². The van der Waals surface area contributed by atoms with E-state index in [1.54, 1.807) is 0 Å². The summed E-state index contributed by atoms with van der Waals surface area (Å²) in [6.45, 7) is 0. The fraction of sp³-hybridized carbons (Fsp3) is 0. The Labute approximate surface area is 160 Å². The summed E-state index contributed by atoms with van der Waals surface area (Å²) in [5.41, 5.74) is 4.48. The molecule has 0 N–H and O–H groups in total. The minimum atomic E-state index is 1.02. The third-order valence-corrected chi connectivity index (χ3v) is 5.98. The molecule has 0 atom stereocenters. The zero-order chi connectivity index (χ0) is 18.2. The maximum Gasteiger partial charge on any atom is 0.0817 e. The first-order valence-electron chi connectivity index (χ1n) is 9.53. The molecule has 7 rings (SSSR count). The number of hydrogen-bond donors (Lipinski definition) is 0. The molecule has 5 aromatic carbocycles. The molecule has 2 heterocycles. The highest BCUT2D eigenvalue weighted by Crippen LogP contribution is 2.34. The van der Waals surface area contributed by atoms with Gasteiger partial charge in [0.1, 0.15) is 0 Å². The Morgan fingerprint density at radius 1 is 0.464 bits per heavy atom. The molecule has 0 aromatic heterocycles. The van der Waals surface area contributed by atoms with Crippen LogP contribution in [0, 0.1) is 10.4 Å². The van der Waals surface area contributed by atoms with Gasteiger partial charge in [0.05, 0.1) is 22.1 Å². The molecule has 2 aliphatic heterocycles. The monoisotopic (exact) mass is 354 g/mol. The van der Waals surface area contributed by atoms with Gasteiger partial charge >= 0.3 is 0 Å². The van der Waals surface area contributed by atoms with Gasteiger partial charge in [0.25, 0.3) is 0 Å². The van der Waals surface area contributed by atoms with E-state index in [1.165, 1.54) is 43.1 Å². The Kier molecular flexibility index (Phi) is 2.52. The van der Waals surface area contributed by atoms with Crippen LogP contribution in [-0.2, 0) is 0 Å². The first kappa shape index (κ1) is 14.3. The SMILES string of the molecule is c1ccc2c(c1)N=c1c-2ccc2c1=c1ccc3c(ccc4ccccc43)c1=N2. The van der Waals surface area contributed by atoms with Crippen LogP contribution in [0.4, 0.5) is 11.4 Å². The molecule has 0 saturated heterocycles. The van der Waals surface area contributed by atoms with E-state index in [0.717, 1.165) is 22.1 Å². The maximum atomic E-state index is 5.03. The fourth-order valence-electron chi connectivity index (χ4n) is 4.71. The molecule has 0 amide bonds. The topological polar surface area (TPSA) is 24.7 Å². The van der Waals surface area contributed by atoms with Crippen molar-refractivity contribution in [3.63, 3.8) is 0 Å². The Morgan fingerprint density at radius 3 is 2.29 bits per heavy atom. The minimum Gasteiger partial charge on any atom is -0.247 e. The van der Waals surface area contributed by atoms with Crippen molar-refractivity contribution in [3.05, 3.63) is 106 Å². The van der Waals surface area contributed by atoms with Gasteiger partial charge in [-0.3, -0.25) is 0 Å². The molecule has 2 heteroatoms. The molecule has 0 aliphatic carbocycles. The maximum absolute atomic E-state index is 5.03. The number of fused-ring (bicyclic) bond motifs is 10. The summed E-state index contributed by atoms with van der Waals surface area (Å²) in [6, 6.07) is 30.1. The van der Waals surface area contributed by atoms with E-state index >= 15 is 0 Å².